The van der Waals surface area contributed by atoms with Gasteiger partial charge in [-0.3, -0.25) is 19.8 Å². The summed E-state index contributed by atoms with van der Waals surface area (Å²) in [6.45, 7) is 0. The molecule has 1 saturated heterocycles. The molecule has 6 rings (SSSR count). The molecule has 1 heterocycles. The molecule has 0 spiro atoms. The Morgan fingerprint density at radius 3 is 1.96 bits per heavy atom. The first-order chi connectivity index (χ1) is 12.8. The summed E-state index contributed by atoms with van der Waals surface area (Å²) >= 11 is 0. The lowest BCUT2D eigenvalue weighted by molar-refractivity contribution is -0.143. The van der Waals surface area contributed by atoms with E-state index in [0.29, 0.717) is 11.8 Å². The number of carbonyl (C=O) groups excluding carboxylic acids is 3. The van der Waals surface area contributed by atoms with Gasteiger partial charge in [0.25, 0.3) is 17.7 Å². The van der Waals surface area contributed by atoms with Gasteiger partial charge in [0.15, 0.2) is 0 Å². The number of hydrazine groups is 1. The van der Waals surface area contributed by atoms with E-state index in [1.165, 1.54) is 0 Å². The molecule has 0 radical (unpaired) electrons. The molecule has 1 aromatic carbocycles. The van der Waals surface area contributed by atoms with Crippen LogP contribution in [0.25, 0.3) is 0 Å². The lowest BCUT2D eigenvalue weighted by Crippen LogP contribution is -2.46. The molecule has 8 heteroatoms. The number of alkyl halides is 3. The fraction of sp³-hybridized carbons (Fsp3) is 0.421. The predicted molar refractivity (Wildman–Crippen MR) is 85.5 cm³/mol. The van der Waals surface area contributed by atoms with E-state index in [9.17, 15) is 27.6 Å². The fourth-order valence-corrected chi connectivity index (χ4v) is 5.04. The molecule has 140 valence electrons. The van der Waals surface area contributed by atoms with Crippen molar-refractivity contribution in [3.63, 3.8) is 0 Å². The zero-order valence-electron chi connectivity index (χ0n) is 13.9. The molecule has 5 aliphatic rings. The number of amides is 3. The summed E-state index contributed by atoms with van der Waals surface area (Å²) in [6, 6.07) is 3.63. The molecule has 0 aromatic heterocycles. The van der Waals surface area contributed by atoms with Crippen LogP contribution in [0.3, 0.4) is 0 Å². The monoisotopic (exact) mass is 376 g/mol. The van der Waals surface area contributed by atoms with Gasteiger partial charge in [0.05, 0.1) is 17.4 Å². The van der Waals surface area contributed by atoms with Crippen LogP contribution in [-0.2, 0) is 15.8 Å². The maximum absolute atomic E-state index is 12.8. The maximum atomic E-state index is 12.8. The number of rotatable bonds is 2. The van der Waals surface area contributed by atoms with Crippen molar-refractivity contribution in [1.29, 1.82) is 0 Å². The van der Waals surface area contributed by atoms with Crippen molar-refractivity contribution < 1.29 is 27.6 Å². The van der Waals surface area contributed by atoms with Gasteiger partial charge >= 0.3 is 6.18 Å². The predicted octanol–water partition coefficient (Wildman–Crippen LogP) is 2.40. The van der Waals surface area contributed by atoms with E-state index in [1.54, 1.807) is 0 Å². The Kier molecular flexibility index (Phi) is 3.19. The van der Waals surface area contributed by atoms with Gasteiger partial charge in [-0.05, 0) is 54.4 Å². The molecule has 2 unspecified atom stereocenters. The van der Waals surface area contributed by atoms with Gasteiger partial charge in [-0.15, -0.1) is 0 Å². The molecular weight excluding hydrogens is 361 g/mol. The summed E-state index contributed by atoms with van der Waals surface area (Å²) in [5, 5.41) is 0.771. The summed E-state index contributed by atoms with van der Waals surface area (Å²) in [7, 11) is 0. The lowest BCUT2D eigenvalue weighted by atomic mass is 9.63. The molecule has 5 nitrogen and oxygen atoms in total. The molecule has 27 heavy (non-hydrogen) atoms. The smallest absolute Gasteiger partial charge is 0.272 e. The van der Waals surface area contributed by atoms with E-state index in [4.69, 9.17) is 0 Å². The van der Waals surface area contributed by atoms with Crippen LogP contribution in [0, 0.1) is 35.5 Å². The Balaban J connectivity index is 1.35. The third-order valence-corrected chi connectivity index (χ3v) is 6.35. The van der Waals surface area contributed by atoms with Gasteiger partial charge in [-0.1, -0.05) is 12.2 Å². The molecule has 1 aliphatic heterocycles. The standard InChI is InChI=1S/C19H15F3N2O3/c20-19(21,22)9-3-1-8(2-4-9)16(25)23-24-17(26)14-10-5-6-11(13-7-12(10)13)15(14)18(24)27/h1-6,10-15H,7H2,(H,23,25)/t10-,11?,12+,13?,14-,15+/m1/s1. The van der Waals surface area contributed by atoms with Crippen LogP contribution in [0.1, 0.15) is 22.3 Å². The molecule has 2 saturated carbocycles. The summed E-state index contributed by atoms with van der Waals surface area (Å²) in [5.74, 6) is -1.54. The third kappa shape index (κ3) is 2.28. The molecule has 1 aromatic rings. The van der Waals surface area contributed by atoms with E-state index in [0.717, 1.165) is 35.7 Å². The quantitative estimate of drug-likeness (QED) is 0.637. The average Bonchev–Trinajstić information content (AvgIpc) is 3.42. The van der Waals surface area contributed by atoms with Crippen molar-refractivity contribution in [3.8, 4) is 0 Å². The van der Waals surface area contributed by atoms with Gasteiger partial charge in [-0.25, -0.2) is 0 Å². The number of allylic oxidation sites excluding steroid dienone is 2. The fourth-order valence-electron chi connectivity index (χ4n) is 5.04. The number of hydrogen-bond donors (Lipinski definition) is 1. The average molecular weight is 376 g/mol. The van der Waals surface area contributed by atoms with Crippen LogP contribution in [0.15, 0.2) is 36.4 Å². The van der Waals surface area contributed by atoms with Gasteiger partial charge in [0, 0.05) is 5.56 Å². The topological polar surface area (TPSA) is 66.5 Å². The van der Waals surface area contributed by atoms with Crippen molar-refractivity contribution in [1.82, 2.24) is 10.4 Å². The van der Waals surface area contributed by atoms with E-state index in [-0.39, 0.29) is 17.4 Å². The SMILES string of the molecule is O=C(NN1C(=O)[C@@H]2[C@@H]3C=CC(C4C[C@H]43)[C@@H]2C1=O)c1ccc(C(F)(F)F)cc1. The summed E-state index contributed by atoms with van der Waals surface area (Å²) in [6.07, 6.45) is 0.575. The van der Waals surface area contributed by atoms with Crippen molar-refractivity contribution >= 4 is 17.7 Å². The van der Waals surface area contributed by atoms with Crippen LogP contribution in [0.2, 0.25) is 0 Å². The Morgan fingerprint density at radius 1 is 0.963 bits per heavy atom. The summed E-state index contributed by atoms with van der Waals surface area (Å²) in [4.78, 5) is 37.9. The van der Waals surface area contributed by atoms with Gasteiger partial charge in [-0.2, -0.15) is 18.2 Å². The second-order valence-electron chi connectivity index (χ2n) is 7.68. The van der Waals surface area contributed by atoms with Gasteiger partial charge < -0.3 is 0 Å². The number of imide groups is 1. The number of halogens is 3. The Labute approximate surface area is 152 Å². The Bertz CT molecular complexity index is 856. The number of nitrogens with zero attached hydrogens (tertiary/aromatic N) is 1. The molecule has 4 aliphatic carbocycles. The van der Waals surface area contributed by atoms with Crippen LogP contribution < -0.4 is 5.43 Å². The Hall–Kier alpha value is -2.64. The van der Waals surface area contributed by atoms with Gasteiger partial charge in [0.2, 0.25) is 0 Å². The van der Waals surface area contributed by atoms with Crippen LogP contribution in [0.4, 0.5) is 13.2 Å². The van der Waals surface area contributed by atoms with Crippen molar-refractivity contribution in [2.45, 2.75) is 12.6 Å². The van der Waals surface area contributed by atoms with Crippen LogP contribution >= 0.6 is 0 Å². The largest absolute Gasteiger partial charge is 0.416 e. The molecule has 3 fully saturated rings. The maximum Gasteiger partial charge on any atom is 0.416 e. The van der Waals surface area contributed by atoms with E-state index in [2.05, 4.69) is 5.43 Å². The van der Waals surface area contributed by atoms with Crippen molar-refractivity contribution in [3.05, 3.63) is 47.5 Å². The second kappa shape index (κ2) is 5.21. The third-order valence-electron chi connectivity index (χ3n) is 6.35. The Morgan fingerprint density at radius 2 is 1.48 bits per heavy atom. The minimum absolute atomic E-state index is 0.0365. The highest BCUT2D eigenvalue weighted by Crippen LogP contribution is 2.65. The zero-order chi connectivity index (χ0) is 19.1. The first-order valence-corrected chi connectivity index (χ1v) is 8.82. The summed E-state index contributed by atoms with van der Waals surface area (Å²) < 4.78 is 37.9. The lowest BCUT2D eigenvalue weighted by Gasteiger charge is -2.37. The highest BCUT2D eigenvalue weighted by Gasteiger charge is 2.67. The highest BCUT2D eigenvalue weighted by molar-refractivity contribution is 6.08. The molecule has 2 bridgehead atoms. The molecule has 3 amide bonds. The van der Waals surface area contributed by atoms with E-state index in [1.807, 2.05) is 12.2 Å². The number of benzene rings is 1. The number of nitrogens with one attached hydrogen (secondary N) is 1. The van der Waals surface area contributed by atoms with E-state index >= 15 is 0 Å². The second-order valence-corrected chi connectivity index (χ2v) is 7.68. The molecule has 6 atom stereocenters. The van der Waals surface area contributed by atoms with Crippen LogP contribution in [0.5, 0.6) is 0 Å². The number of hydrogen-bond acceptors (Lipinski definition) is 3. The highest BCUT2D eigenvalue weighted by atomic mass is 19.4. The minimum Gasteiger partial charge on any atom is -0.272 e. The molecular formula is C19H15F3N2O3. The summed E-state index contributed by atoms with van der Waals surface area (Å²) in [5.41, 5.74) is 1.37. The minimum atomic E-state index is -4.50. The van der Waals surface area contributed by atoms with Gasteiger partial charge in [0.1, 0.15) is 0 Å². The molecule has 1 N–H and O–H groups in total. The van der Waals surface area contributed by atoms with E-state index < -0.39 is 41.3 Å². The van der Waals surface area contributed by atoms with Crippen molar-refractivity contribution in [2.75, 3.05) is 0 Å². The zero-order valence-corrected chi connectivity index (χ0v) is 13.9. The first kappa shape index (κ1) is 16.5. The van der Waals surface area contributed by atoms with Crippen LogP contribution in [-0.4, -0.2) is 22.7 Å². The first-order valence-electron chi connectivity index (χ1n) is 8.82. The normalized spacial score (nSPS) is 35.9. The number of carbonyl (C=O) groups is 3. The van der Waals surface area contributed by atoms with Crippen molar-refractivity contribution in [2.24, 2.45) is 35.5 Å².